The van der Waals surface area contributed by atoms with E-state index in [2.05, 4.69) is 10.1 Å². The van der Waals surface area contributed by atoms with Crippen molar-refractivity contribution < 1.29 is 22.7 Å². The topological polar surface area (TPSA) is 38.3 Å². The van der Waals surface area contributed by atoms with Gasteiger partial charge < -0.3 is 10.1 Å². The SMILES string of the molecule is O=C(NCCOCC(F)(F)F)C1CCCC1. The van der Waals surface area contributed by atoms with Crippen molar-refractivity contribution in [1.29, 1.82) is 0 Å². The van der Waals surface area contributed by atoms with Crippen LogP contribution in [-0.2, 0) is 9.53 Å². The molecule has 3 nitrogen and oxygen atoms in total. The smallest absolute Gasteiger partial charge is 0.370 e. The van der Waals surface area contributed by atoms with Gasteiger partial charge in [-0.25, -0.2) is 0 Å². The molecule has 6 heteroatoms. The first kappa shape index (κ1) is 13.3. The van der Waals surface area contributed by atoms with Crippen molar-refractivity contribution in [2.45, 2.75) is 31.9 Å². The molecular formula is C10H16F3NO2. The van der Waals surface area contributed by atoms with Crippen LogP contribution in [0.1, 0.15) is 25.7 Å². The number of alkyl halides is 3. The lowest BCUT2D eigenvalue weighted by molar-refractivity contribution is -0.173. The maximum absolute atomic E-state index is 11.7. The molecule has 94 valence electrons. The molecule has 1 aliphatic rings. The third-order valence-corrected chi connectivity index (χ3v) is 2.54. The molecule has 0 saturated heterocycles. The molecule has 16 heavy (non-hydrogen) atoms. The Morgan fingerprint density at radius 1 is 1.31 bits per heavy atom. The first-order valence-corrected chi connectivity index (χ1v) is 5.41. The van der Waals surface area contributed by atoms with E-state index in [0.29, 0.717) is 0 Å². The summed E-state index contributed by atoms with van der Waals surface area (Å²) in [5.41, 5.74) is 0. The number of ether oxygens (including phenoxy) is 1. The Bertz CT molecular complexity index is 225. The quantitative estimate of drug-likeness (QED) is 0.744. The van der Waals surface area contributed by atoms with E-state index >= 15 is 0 Å². The second-order valence-corrected chi connectivity index (χ2v) is 3.94. The van der Waals surface area contributed by atoms with Gasteiger partial charge in [0.25, 0.3) is 0 Å². The van der Waals surface area contributed by atoms with Gasteiger partial charge in [0.05, 0.1) is 6.61 Å². The largest absolute Gasteiger partial charge is 0.411 e. The van der Waals surface area contributed by atoms with Crippen molar-refractivity contribution in [1.82, 2.24) is 5.32 Å². The maximum Gasteiger partial charge on any atom is 0.411 e. The van der Waals surface area contributed by atoms with Crippen LogP contribution in [0.4, 0.5) is 13.2 Å². The van der Waals surface area contributed by atoms with Gasteiger partial charge in [-0.2, -0.15) is 13.2 Å². The normalized spacial score (nSPS) is 17.7. The van der Waals surface area contributed by atoms with Gasteiger partial charge in [-0.05, 0) is 12.8 Å². The Balaban J connectivity index is 2.00. The number of halogens is 3. The minimum Gasteiger partial charge on any atom is -0.370 e. The fraction of sp³-hybridized carbons (Fsp3) is 0.900. The summed E-state index contributed by atoms with van der Waals surface area (Å²) < 4.78 is 39.4. The maximum atomic E-state index is 11.7. The average Bonchev–Trinajstić information content (AvgIpc) is 2.67. The summed E-state index contributed by atoms with van der Waals surface area (Å²) in [5.74, 6) is -0.0178. The molecule has 1 rings (SSSR count). The Labute approximate surface area is 92.3 Å². The summed E-state index contributed by atoms with van der Waals surface area (Å²) in [6.07, 6.45) is -0.411. The van der Waals surface area contributed by atoms with Gasteiger partial charge in [0.2, 0.25) is 5.91 Å². The number of carbonyl (C=O) groups excluding carboxylic acids is 1. The van der Waals surface area contributed by atoms with Gasteiger partial charge in [0.1, 0.15) is 6.61 Å². The highest BCUT2D eigenvalue weighted by molar-refractivity contribution is 5.78. The fourth-order valence-corrected chi connectivity index (χ4v) is 1.77. The van der Waals surface area contributed by atoms with E-state index in [-0.39, 0.29) is 25.0 Å². The molecule has 1 N–H and O–H groups in total. The van der Waals surface area contributed by atoms with E-state index in [1.54, 1.807) is 0 Å². The molecule has 1 saturated carbocycles. The number of nitrogens with one attached hydrogen (secondary N) is 1. The van der Waals surface area contributed by atoms with Gasteiger partial charge in [-0.15, -0.1) is 0 Å². The Hall–Kier alpha value is -0.780. The number of carbonyl (C=O) groups is 1. The molecule has 0 aromatic carbocycles. The highest BCUT2D eigenvalue weighted by Gasteiger charge is 2.27. The van der Waals surface area contributed by atoms with E-state index < -0.39 is 12.8 Å². The molecular weight excluding hydrogens is 223 g/mol. The van der Waals surface area contributed by atoms with Crippen LogP contribution < -0.4 is 5.32 Å². The number of hydrogen-bond donors (Lipinski definition) is 1. The van der Waals surface area contributed by atoms with Crippen LogP contribution in [0.15, 0.2) is 0 Å². The molecule has 0 spiro atoms. The molecule has 1 amide bonds. The third kappa shape index (κ3) is 5.34. The summed E-state index contributed by atoms with van der Waals surface area (Å²) in [7, 11) is 0. The van der Waals surface area contributed by atoms with Crippen LogP contribution in [0.25, 0.3) is 0 Å². The lowest BCUT2D eigenvalue weighted by Gasteiger charge is -2.11. The second kappa shape index (κ2) is 6.08. The lowest BCUT2D eigenvalue weighted by Crippen LogP contribution is -2.32. The fourth-order valence-electron chi connectivity index (χ4n) is 1.77. The Morgan fingerprint density at radius 3 is 2.50 bits per heavy atom. The molecule has 0 aromatic heterocycles. The molecule has 0 atom stereocenters. The van der Waals surface area contributed by atoms with E-state index in [9.17, 15) is 18.0 Å². The van der Waals surface area contributed by atoms with Crippen molar-refractivity contribution in [2.24, 2.45) is 5.92 Å². The van der Waals surface area contributed by atoms with Crippen molar-refractivity contribution in [3.05, 3.63) is 0 Å². The zero-order valence-electron chi connectivity index (χ0n) is 8.98. The molecule has 0 aliphatic heterocycles. The minimum atomic E-state index is -4.30. The van der Waals surface area contributed by atoms with Crippen LogP contribution in [0.5, 0.6) is 0 Å². The summed E-state index contributed by atoms with van der Waals surface area (Å²) in [4.78, 5) is 11.4. The van der Waals surface area contributed by atoms with Crippen molar-refractivity contribution in [2.75, 3.05) is 19.8 Å². The third-order valence-electron chi connectivity index (χ3n) is 2.54. The molecule has 0 bridgehead atoms. The van der Waals surface area contributed by atoms with Gasteiger partial charge in [-0.3, -0.25) is 4.79 Å². The highest BCUT2D eigenvalue weighted by Crippen LogP contribution is 2.24. The lowest BCUT2D eigenvalue weighted by atomic mass is 10.1. The zero-order valence-corrected chi connectivity index (χ0v) is 8.98. The molecule has 0 radical (unpaired) electrons. The molecule has 0 aromatic rings. The van der Waals surface area contributed by atoms with Crippen LogP contribution in [0, 0.1) is 5.92 Å². The predicted octanol–water partition coefficient (Wildman–Crippen LogP) is 1.87. The Kier molecular flexibility index (Phi) is 5.05. The van der Waals surface area contributed by atoms with E-state index in [1.807, 2.05) is 0 Å². The highest BCUT2D eigenvalue weighted by atomic mass is 19.4. The van der Waals surface area contributed by atoms with Crippen LogP contribution >= 0.6 is 0 Å². The molecule has 0 unspecified atom stereocenters. The van der Waals surface area contributed by atoms with Gasteiger partial charge in [-0.1, -0.05) is 12.8 Å². The van der Waals surface area contributed by atoms with Gasteiger partial charge >= 0.3 is 6.18 Å². The predicted molar refractivity (Wildman–Crippen MR) is 51.8 cm³/mol. The van der Waals surface area contributed by atoms with Gasteiger partial charge in [0, 0.05) is 12.5 Å². The number of amides is 1. The monoisotopic (exact) mass is 239 g/mol. The van der Waals surface area contributed by atoms with Crippen LogP contribution in [-0.4, -0.2) is 31.8 Å². The average molecular weight is 239 g/mol. The van der Waals surface area contributed by atoms with E-state index in [0.717, 1.165) is 25.7 Å². The van der Waals surface area contributed by atoms with Crippen LogP contribution in [0.3, 0.4) is 0 Å². The second-order valence-electron chi connectivity index (χ2n) is 3.94. The molecule has 0 heterocycles. The summed E-state index contributed by atoms with van der Waals surface area (Å²) >= 11 is 0. The summed E-state index contributed by atoms with van der Waals surface area (Å²) in [6.45, 7) is -1.21. The van der Waals surface area contributed by atoms with Crippen molar-refractivity contribution in [3.63, 3.8) is 0 Å². The van der Waals surface area contributed by atoms with Crippen molar-refractivity contribution in [3.8, 4) is 0 Å². The summed E-state index contributed by atoms with van der Waals surface area (Å²) in [6, 6.07) is 0. The van der Waals surface area contributed by atoms with Crippen molar-refractivity contribution >= 4 is 5.91 Å². The zero-order chi connectivity index (χ0) is 12.0. The minimum absolute atomic E-state index is 0.0441. The first-order valence-electron chi connectivity index (χ1n) is 5.41. The molecule has 1 fully saturated rings. The summed E-state index contributed by atoms with van der Waals surface area (Å²) in [5, 5.41) is 2.58. The number of rotatable bonds is 5. The molecule has 1 aliphatic carbocycles. The standard InChI is InChI=1S/C10H16F3NO2/c11-10(12,13)7-16-6-5-14-9(15)8-3-1-2-4-8/h8H,1-7H2,(H,14,15). The van der Waals surface area contributed by atoms with Gasteiger partial charge in [0.15, 0.2) is 0 Å². The number of hydrogen-bond acceptors (Lipinski definition) is 2. The van der Waals surface area contributed by atoms with E-state index in [4.69, 9.17) is 0 Å². The Morgan fingerprint density at radius 2 is 1.94 bits per heavy atom. The van der Waals surface area contributed by atoms with E-state index in [1.165, 1.54) is 0 Å². The van der Waals surface area contributed by atoms with Crippen LogP contribution in [0.2, 0.25) is 0 Å². The first-order chi connectivity index (χ1) is 7.49.